The SMILES string of the molecule is O=C(O)c1cc(F)c(F)c(C(=O)O)c1I(=O)=O. The fourth-order valence-electron chi connectivity index (χ4n) is 1.11. The van der Waals surface area contributed by atoms with E-state index in [-0.39, 0.29) is 6.07 Å². The van der Waals surface area contributed by atoms with Gasteiger partial charge in [-0.2, -0.15) is 0 Å². The molecule has 1 aromatic carbocycles. The Balaban J connectivity index is 3.90. The first kappa shape index (κ1) is 13.4. The largest absolute Gasteiger partial charge is 0.478 e. The van der Waals surface area contributed by atoms with Crippen LogP contribution in [0, 0.1) is 15.2 Å². The third kappa shape index (κ3) is 2.38. The number of hydrogen-bond donors (Lipinski definition) is 2. The van der Waals surface area contributed by atoms with Crippen LogP contribution in [0.4, 0.5) is 8.78 Å². The maximum Gasteiger partial charge on any atom is 0.342 e. The number of carbonyl (C=O) groups is 2. The molecule has 1 rings (SSSR count). The third-order valence-electron chi connectivity index (χ3n) is 1.75. The Bertz CT molecular complexity index is 584. The topological polar surface area (TPSA) is 109 Å². The van der Waals surface area contributed by atoms with Crippen LogP contribution in [-0.4, -0.2) is 22.2 Å². The highest BCUT2D eigenvalue weighted by Crippen LogP contribution is 2.29. The fourth-order valence-corrected chi connectivity index (χ4v) is 2.88. The molecule has 9 heteroatoms. The second-order valence-electron chi connectivity index (χ2n) is 2.74. The summed E-state index contributed by atoms with van der Waals surface area (Å²) in [6.45, 7) is 0. The van der Waals surface area contributed by atoms with Gasteiger partial charge in [0.25, 0.3) is 0 Å². The van der Waals surface area contributed by atoms with Crippen molar-refractivity contribution in [3.05, 3.63) is 32.4 Å². The quantitative estimate of drug-likeness (QED) is 0.628. The summed E-state index contributed by atoms with van der Waals surface area (Å²) in [6, 6.07) is 0.139. The lowest BCUT2D eigenvalue weighted by Crippen LogP contribution is -2.12. The summed E-state index contributed by atoms with van der Waals surface area (Å²) in [7, 11) is 0. The molecule has 0 fully saturated rings. The number of halogens is 3. The van der Waals surface area contributed by atoms with Crippen LogP contribution in [0.5, 0.6) is 0 Å². The van der Waals surface area contributed by atoms with E-state index in [0.29, 0.717) is 0 Å². The van der Waals surface area contributed by atoms with Gasteiger partial charge >= 0.3 is 31.7 Å². The molecule has 0 aliphatic heterocycles. The molecule has 6 nitrogen and oxygen atoms in total. The molecule has 0 aliphatic carbocycles. The van der Waals surface area contributed by atoms with E-state index in [2.05, 4.69) is 0 Å². The van der Waals surface area contributed by atoms with Crippen LogP contribution in [0.15, 0.2) is 6.07 Å². The predicted molar refractivity (Wildman–Crippen MR) is 54.4 cm³/mol. The van der Waals surface area contributed by atoms with Gasteiger partial charge in [-0.15, -0.1) is 0 Å². The van der Waals surface area contributed by atoms with Crippen LogP contribution < -0.4 is 0 Å². The van der Waals surface area contributed by atoms with Crippen LogP contribution in [0.3, 0.4) is 0 Å². The summed E-state index contributed by atoms with van der Waals surface area (Å²) in [6.07, 6.45) is 0. The average Bonchev–Trinajstić information content (AvgIpc) is 2.19. The summed E-state index contributed by atoms with van der Waals surface area (Å²) >= 11 is -4.61. The normalized spacial score (nSPS) is 10.5. The second kappa shape index (κ2) is 4.69. The maximum absolute atomic E-state index is 13.1. The van der Waals surface area contributed by atoms with Crippen LogP contribution in [0.1, 0.15) is 20.7 Å². The van der Waals surface area contributed by atoms with Crippen LogP contribution in [-0.2, 0) is 6.14 Å². The van der Waals surface area contributed by atoms with Gasteiger partial charge in [0.05, 0.1) is 5.56 Å². The minimum atomic E-state index is -4.61. The second-order valence-corrected chi connectivity index (χ2v) is 5.06. The van der Waals surface area contributed by atoms with E-state index in [4.69, 9.17) is 10.2 Å². The predicted octanol–water partition coefficient (Wildman–Crippen LogP) is 1.73. The highest BCUT2D eigenvalue weighted by Gasteiger charge is 2.29. The Labute approximate surface area is 99.0 Å². The standard InChI is InChI=1S/C8H3F2IO6/c9-3-1-2(7(12)13)6(11(16)17)4(5(3)10)8(14)15/h1H,(H,12,13)(H,14,15). The molecule has 0 saturated carbocycles. The highest BCUT2D eigenvalue weighted by atomic mass is 127. The smallest absolute Gasteiger partial charge is 0.342 e. The van der Waals surface area contributed by atoms with Crippen molar-refractivity contribution in [2.45, 2.75) is 0 Å². The van der Waals surface area contributed by atoms with E-state index in [1.807, 2.05) is 0 Å². The van der Waals surface area contributed by atoms with Crippen molar-refractivity contribution in [2.24, 2.45) is 0 Å². The molecular weight excluding hydrogens is 357 g/mol. The molecule has 0 amide bonds. The van der Waals surface area contributed by atoms with Gasteiger partial charge in [-0.25, -0.2) is 24.5 Å². The molecule has 0 atom stereocenters. The number of rotatable bonds is 3. The Morgan fingerprint density at radius 2 is 1.65 bits per heavy atom. The molecule has 0 aliphatic rings. The van der Waals surface area contributed by atoms with Crippen molar-refractivity contribution in [2.75, 3.05) is 0 Å². The fraction of sp³-hybridized carbons (Fsp3) is 0. The first-order chi connectivity index (χ1) is 7.77. The molecule has 92 valence electrons. The molecule has 0 aromatic heterocycles. The summed E-state index contributed by atoms with van der Waals surface area (Å²) in [5.74, 6) is -7.53. The van der Waals surface area contributed by atoms with Crippen molar-refractivity contribution in [3.63, 3.8) is 0 Å². The van der Waals surface area contributed by atoms with Crippen LogP contribution in [0.25, 0.3) is 0 Å². The van der Waals surface area contributed by atoms with Crippen molar-refractivity contribution in [1.29, 1.82) is 0 Å². The maximum atomic E-state index is 13.1. The van der Waals surface area contributed by atoms with Gasteiger partial charge in [0.2, 0.25) is 0 Å². The van der Waals surface area contributed by atoms with Crippen LogP contribution >= 0.6 is 19.8 Å². The van der Waals surface area contributed by atoms with Gasteiger partial charge in [0.15, 0.2) is 11.6 Å². The molecule has 2 N–H and O–H groups in total. The molecule has 17 heavy (non-hydrogen) atoms. The van der Waals surface area contributed by atoms with E-state index < -0.39 is 58.1 Å². The van der Waals surface area contributed by atoms with Gasteiger partial charge in [-0.1, -0.05) is 0 Å². The lowest BCUT2D eigenvalue weighted by molar-refractivity contribution is 0.0688. The Kier molecular flexibility index (Phi) is 3.70. The monoisotopic (exact) mass is 360 g/mol. The molecule has 0 unspecified atom stereocenters. The molecule has 0 heterocycles. The van der Waals surface area contributed by atoms with Crippen molar-refractivity contribution in [3.8, 4) is 0 Å². The summed E-state index contributed by atoms with van der Waals surface area (Å²) < 4.78 is 46.5. The van der Waals surface area contributed by atoms with E-state index in [1.54, 1.807) is 0 Å². The van der Waals surface area contributed by atoms with E-state index in [1.165, 1.54) is 0 Å². The average molecular weight is 360 g/mol. The third-order valence-corrected chi connectivity index (χ3v) is 3.76. The zero-order valence-corrected chi connectivity index (χ0v) is 9.90. The Morgan fingerprint density at radius 3 is 2.00 bits per heavy atom. The van der Waals surface area contributed by atoms with Gasteiger partial charge in [0, 0.05) is 0 Å². The lowest BCUT2D eigenvalue weighted by atomic mass is 10.1. The molecule has 0 spiro atoms. The first-order valence-corrected chi connectivity index (χ1v) is 6.65. The van der Waals surface area contributed by atoms with Gasteiger partial charge < -0.3 is 10.2 Å². The Morgan fingerprint density at radius 1 is 1.12 bits per heavy atom. The first-order valence-electron chi connectivity index (χ1n) is 3.81. The lowest BCUT2D eigenvalue weighted by Gasteiger charge is -2.05. The number of aromatic carboxylic acids is 2. The van der Waals surface area contributed by atoms with Crippen LogP contribution in [0.2, 0.25) is 0 Å². The number of benzene rings is 1. The van der Waals surface area contributed by atoms with E-state index in [0.717, 1.165) is 0 Å². The van der Waals surface area contributed by atoms with E-state index >= 15 is 0 Å². The minimum absolute atomic E-state index is 0.139. The minimum Gasteiger partial charge on any atom is -0.478 e. The van der Waals surface area contributed by atoms with Gasteiger partial charge in [-0.3, -0.25) is 0 Å². The number of carboxylic acid groups (broad SMARTS) is 2. The Hall–Kier alpha value is -1.65. The molecular formula is C8H3F2IO6. The molecule has 1 aromatic rings. The highest BCUT2D eigenvalue weighted by molar-refractivity contribution is 14.2. The van der Waals surface area contributed by atoms with Gasteiger partial charge in [0.1, 0.15) is 9.13 Å². The molecule has 0 saturated heterocycles. The summed E-state index contributed by atoms with van der Waals surface area (Å²) in [5.41, 5.74) is -2.56. The van der Waals surface area contributed by atoms with E-state index in [9.17, 15) is 24.5 Å². The summed E-state index contributed by atoms with van der Waals surface area (Å²) in [4.78, 5) is 21.3. The summed E-state index contributed by atoms with van der Waals surface area (Å²) in [5, 5.41) is 17.2. The molecule has 0 bridgehead atoms. The van der Waals surface area contributed by atoms with Crippen molar-refractivity contribution < 1.29 is 34.7 Å². The number of hydrogen-bond acceptors (Lipinski definition) is 4. The van der Waals surface area contributed by atoms with Crippen molar-refractivity contribution >= 4 is 31.7 Å². The number of carboxylic acids is 2. The van der Waals surface area contributed by atoms with Crippen molar-refractivity contribution in [1.82, 2.24) is 0 Å². The molecule has 0 radical (unpaired) electrons. The van der Waals surface area contributed by atoms with Gasteiger partial charge in [-0.05, 0) is 6.07 Å². The zero-order valence-electron chi connectivity index (χ0n) is 7.74. The zero-order chi connectivity index (χ0) is 13.3.